The summed E-state index contributed by atoms with van der Waals surface area (Å²) in [5, 5.41) is 3.22. The Morgan fingerprint density at radius 1 is 1.21 bits per heavy atom. The molecular weight excluding hydrogens is 180 g/mol. The number of imide groups is 1. The summed E-state index contributed by atoms with van der Waals surface area (Å²) in [5.74, 6) is -0.379. The molecule has 0 aromatic carbocycles. The summed E-state index contributed by atoms with van der Waals surface area (Å²) in [4.78, 5) is 23.5. The van der Waals surface area contributed by atoms with Gasteiger partial charge in [-0.2, -0.15) is 0 Å². The highest BCUT2D eigenvalue weighted by Crippen LogP contribution is 2.03. The van der Waals surface area contributed by atoms with Crippen molar-refractivity contribution in [1.82, 2.24) is 10.2 Å². The predicted molar refractivity (Wildman–Crippen MR) is 53.6 cm³/mol. The standard InChI is InChI=1S/C10H16N2O2/c1-2-6-11-7-3-8-12-9(13)4-5-10(12)14/h4-5,11H,2-3,6-8H2,1H3. The summed E-state index contributed by atoms with van der Waals surface area (Å²) in [5.41, 5.74) is 0. The number of hydrogen-bond donors (Lipinski definition) is 1. The highest BCUT2D eigenvalue weighted by molar-refractivity contribution is 6.12. The van der Waals surface area contributed by atoms with Crippen LogP contribution in [0.4, 0.5) is 0 Å². The summed E-state index contributed by atoms with van der Waals surface area (Å²) in [6.07, 6.45) is 4.56. The van der Waals surface area contributed by atoms with Gasteiger partial charge in [0.1, 0.15) is 0 Å². The van der Waals surface area contributed by atoms with Crippen LogP contribution in [0.5, 0.6) is 0 Å². The van der Waals surface area contributed by atoms with E-state index in [-0.39, 0.29) is 11.8 Å². The Labute approximate surface area is 84.0 Å². The molecule has 4 heteroatoms. The molecule has 0 fully saturated rings. The van der Waals surface area contributed by atoms with Gasteiger partial charge in [-0.25, -0.2) is 0 Å². The van der Waals surface area contributed by atoms with Crippen molar-refractivity contribution in [3.05, 3.63) is 12.2 Å². The van der Waals surface area contributed by atoms with Crippen molar-refractivity contribution in [2.75, 3.05) is 19.6 Å². The van der Waals surface area contributed by atoms with Crippen LogP contribution in [0.15, 0.2) is 12.2 Å². The van der Waals surface area contributed by atoms with Crippen molar-refractivity contribution in [2.45, 2.75) is 19.8 Å². The molecule has 0 atom stereocenters. The van der Waals surface area contributed by atoms with E-state index < -0.39 is 0 Å². The monoisotopic (exact) mass is 196 g/mol. The van der Waals surface area contributed by atoms with Crippen LogP contribution in [0.3, 0.4) is 0 Å². The Balaban J connectivity index is 2.13. The van der Waals surface area contributed by atoms with Gasteiger partial charge in [0.15, 0.2) is 0 Å². The van der Waals surface area contributed by atoms with Gasteiger partial charge in [-0.3, -0.25) is 14.5 Å². The van der Waals surface area contributed by atoms with E-state index in [0.717, 1.165) is 25.9 Å². The molecule has 0 unspecified atom stereocenters. The molecule has 14 heavy (non-hydrogen) atoms. The molecule has 78 valence electrons. The van der Waals surface area contributed by atoms with Gasteiger partial charge in [0.2, 0.25) is 0 Å². The van der Waals surface area contributed by atoms with Crippen molar-refractivity contribution < 1.29 is 9.59 Å². The first-order valence-corrected chi connectivity index (χ1v) is 5.00. The van der Waals surface area contributed by atoms with E-state index in [1.54, 1.807) is 0 Å². The summed E-state index contributed by atoms with van der Waals surface area (Å²) < 4.78 is 0. The van der Waals surface area contributed by atoms with Crippen LogP contribution in [0.1, 0.15) is 19.8 Å². The SMILES string of the molecule is CCCNCCCN1C(=O)C=CC1=O. The number of nitrogens with zero attached hydrogens (tertiary/aromatic N) is 1. The lowest BCUT2D eigenvalue weighted by molar-refractivity contribution is -0.136. The zero-order valence-electron chi connectivity index (χ0n) is 8.45. The quantitative estimate of drug-likeness (QED) is 0.491. The molecule has 0 aliphatic carbocycles. The minimum atomic E-state index is -0.189. The van der Waals surface area contributed by atoms with Crippen molar-refractivity contribution in [2.24, 2.45) is 0 Å². The number of rotatable bonds is 6. The molecule has 4 nitrogen and oxygen atoms in total. The van der Waals surface area contributed by atoms with Crippen LogP contribution >= 0.6 is 0 Å². The van der Waals surface area contributed by atoms with Crippen molar-refractivity contribution >= 4 is 11.8 Å². The average Bonchev–Trinajstić information content (AvgIpc) is 2.48. The molecular formula is C10H16N2O2. The normalized spacial score (nSPS) is 15.6. The maximum absolute atomic E-state index is 11.1. The fraction of sp³-hybridized carbons (Fsp3) is 0.600. The lowest BCUT2D eigenvalue weighted by atomic mass is 10.3. The van der Waals surface area contributed by atoms with Gasteiger partial charge < -0.3 is 5.32 Å². The molecule has 1 heterocycles. The third-order valence-electron chi connectivity index (χ3n) is 2.06. The second-order valence-electron chi connectivity index (χ2n) is 3.27. The number of amides is 2. The largest absolute Gasteiger partial charge is 0.317 e. The lowest BCUT2D eigenvalue weighted by Gasteiger charge is -2.13. The highest BCUT2D eigenvalue weighted by Gasteiger charge is 2.21. The Bertz CT molecular complexity index is 231. The topological polar surface area (TPSA) is 49.4 Å². The van der Waals surface area contributed by atoms with Crippen LogP contribution in [0.2, 0.25) is 0 Å². The average molecular weight is 196 g/mol. The number of hydrogen-bond acceptors (Lipinski definition) is 3. The summed E-state index contributed by atoms with van der Waals surface area (Å²) in [7, 11) is 0. The maximum Gasteiger partial charge on any atom is 0.253 e. The first-order chi connectivity index (χ1) is 6.75. The first kappa shape index (κ1) is 10.9. The number of nitrogens with one attached hydrogen (secondary N) is 1. The second-order valence-corrected chi connectivity index (χ2v) is 3.27. The van der Waals surface area contributed by atoms with Gasteiger partial charge in [0.25, 0.3) is 11.8 Å². The summed E-state index contributed by atoms with van der Waals surface area (Å²) in [6.45, 7) is 4.46. The van der Waals surface area contributed by atoms with Gasteiger partial charge in [0, 0.05) is 18.7 Å². The molecule has 0 aromatic rings. The van der Waals surface area contributed by atoms with E-state index in [4.69, 9.17) is 0 Å². The molecule has 2 amide bonds. The van der Waals surface area contributed by atoms with Crippen LogP contribution in [-0.4, -0.2) is 36.3 Å². The van der Waals surface area contributed by atoms with Gasteiger partial charge in [-0.1, -0.05) is 6.92 Å². The van der Waals surface area contributed by atoms with Gasteiger partial charge in [0.05, 0.1) is 0 Å². The van der Waals surface area contributed by atoms with E-state index in [1.807, 2.05) is 0 Å². The Morgan fingerprint density at radius 3 is 2.43 bits per heavy atom. The first-order valence-electron chi connectivity index (χ1n) is 5.00. The van der Waals surface area contributed by atoms with E-state index in [2.05, 4.69) is 12.2 Å². The Morgan fingerprint density at radius 2 is 1.86 bits per heavy atom. The molecule has 0 bridgehead atoms. The Hall–Kier alpha value is -1.16. The van der Waals surface area contributed by atoms with Crippen LogP contribution in [0.25, 0.3) is 0 Å². The van der Waals surface area contributed by atoms with Gasteiger partial charge in [-0.15, -0.1) is 0 Å². The minimum absolute atomic E-state index is 0.189. The van der Waals surface area contributed by atoms with E-state index in [0.29, 0.717) is 6.54 Å². The summed E-state index contributed by atoms with van der Waals surface area (Å²) in [6, 6.07) is 0. The molecule has 0 aromatic heterocycles. The molecule has 1 aliphatic heterocycles. The molecule has 1 N–H and O–H groups in total. The van der Waals surface area contributed by atoms with E-state index >= 15 is 0 Å². The molecule has 0 spiro atoms. The molecule has 0 saturated heterocycles. The Kier molecular flexibility index (Phi) is 4.32. The van der Waals surface area contributed by atoms with Crippen LogP contribution < -0.4 is 5.32 Å². The fourth-order valence-corrected chi connectivity index (χ4v) is 1.32. The molecule has 0 saturated carbocycles. The lowest BCUT2D eigenvalue weighted by Crippen LogP contribution is -2.32. The third-order valence-corrected chi connectivity index (χ3v) is 2.06. The van der Waals surface area contributed by atoms with Crippen molar-refractivity contribution in [3.63, 3.8) is 0 Å². The van der Waals surface area contributed by atoms with E-state index in [1.165, 1.54) is 17.1 Å². The highest BCUT2D eigenvalue weighted by atomic mass is 16.2. The van der Waals surface area contributed by atoms with Crippen LogP contribution in [0, 0.1) is 0 Å². The van der Waals surface area contributed by atoms with E-state index in [9.17, 15) is 9.59 Å². The van der Waals surface area contributed by atoms with Gasteiger partial charge in [-0.05, 0) is 25.9 Å². The van der Waals surface area contributed by atoms with Crippen LogP contribution in [-0.2, 0) is 9.59 Å². The van der Waals surface area contributed by atoms with Crippen molar-refractivity contribution in [3.8, 4) is 0 Å². The smallest absolute Gasteiger partial charge is 0.253 e. The number of carbonyl (C=O) groups excluding carboxylic acids is 2. The minimum Gasteiger partial charge on any atom is -0.317 e. The summed E-state index contributed by atoms with van der Waals surface area (Å²) >= 11 is 0. The maximum atomic E-state index is 11.1. The molecule has 0 radical (unpaired) electrons. The fourth-order valence-electron chi connectivity index (χ4n) is 1.32. The second kappa shape index (κ2) is 5.54. The number of carbonyl (C=O) groups is 2. The third kappa shape index (κ3) is 2.96. The molecule has 1 aliphatic rings. The molecule has 1 rings (SSSR count). The van der Waals surface area contributed by atoms with Gasteiger partial charge >= 0.3 is 0 Å². The zero-order valence-corrected chi connectivity index (χ0v) is 8.45. The van der Waals surface area contributed by atoms with Crippen molar-refractivity contribution in [1.29, 1.82) is 0 Å². The zero-order chi connectivity index (χ0) is 10.4. The predicted octanol–water partition coefficient (Wildman–Crippen LogP) is 0.301.